The number of benzene rings is 2. The van der Waals surface area contributed by atoms with E-state index in [1.807, 2.05) is 0 Å². The van der Waals surface area contributed by atoms with Crippen LogP contribution in [0, 0.1) is 0 Å². The van der Waals surface area contributed by atoms with Crippen molar-refractivity contribution in [3.8, 4) is 5.75 Å². The maximum absolute atomic E-state index is 12.5. The monoisotopic (exact) mass is 296 g/mol. The molecule has 0 saturated carbocycles. The Bertz CT molecular complexity index is 615. The summed E-state index contributed by atoms with van der Waals surface area (Å²) in [4.78, 5) is 10.7. The second-order valence-electron chi connectivity index (χ2n) is 4.14. The number of carbonyl (C=O) groups is 1. The molecule has 0 unspecified atom stereocenters. The van der Waals surface area contributed by atoms with Crippen LogP contribution in [0.2, 0.25) is 5.02 Å². The van der Waals surface area contributed by atoms with Gasteiger partial charge in [0.15, 0.2) is 0 Å². The fraction of sp³-hybridized carbons (Fsp3) is 0.133. The molecule has 104 valence electrons. The second-order valence-corrected chi connectivity index (χ2v) is 4.55. The van der Waals surface area contributed by atoms with Gasteiger partial charge in [-0.3, -0.25) is 4.79 Å². The summed E-state index contributed by atoms with van der Waals surface area (Å²) in [6, 6.07) is 10.8. The first-order valence-electron chi connectivity index (χ1n) is 5.84. The Morgan fingerprint density at radius 2 is 2.00 bits per heavy atom. The quantitative estimate of drug-likeness (QED) is 0.750. The fourth-order valence-corrected chi connectivity index (χ4v) is 1.93. The third kappa shape index (κ3) is 3.54. The molecule has 0 N–H and O–H groups in total. The summed E-state index contributed by atoms with van der Waals surface area (Å²) < 4.78 is 30.4. The molecule has 2 nitrogen and oxygen atoms in total. The summed E-state index contributed by atoms with van der Waals surface area (Å²) in [6.45, 7) is 0.204. The second kappa shape index (κ2) is 6.48. The Morgan fingerprint density at radius 3 is 2.65 bits per heavy atom. The predicted molar refractivity (Wildman–Crippen MR) is 72.6 cm³/mol. The highest BCUT2D eigenvalue weighted by Gasteiger charge is 2.10. The molecule has 0 saturated heterocycles. The van der Waals surface area contributed by atoms with Crippen LogP contribution in [0.25, 0.3) is 0 Å². The number of ether oxygens (including phenoxy) is 1. The standard InChI is InChI=1S/C15H11ClF2O2/c16-13-7-12(15(17)18)4-5-14(13)20-9-11-3-1-2-10(6-11)8-19/h1-8,15H,9H2. The van der Waals surface area contributed by atoms with Gasteiger partial charge in [0.25, 0.3) is 6.43 Å². The Morgan fingerprint density at radius 1 is 1.20 bits per heavy atom. The van der Waals surface area contributed by atoms with Crippen molar-refractivity contribution >= 4 is 17.9 Å². The molecule has 2 aromatic rings. The number of carbonyl (C=O) groups excluding carboxylic acids is 1. The number of hydrogen-bond donors (Lipinski definition) is 0. The average molecular weight is 297 g/mol. The predicted octanol–water partition coefficient (Wildman–Crippen LogP) is 4.67. The molecule has 0 aliphatic carbocycles. The van der Waals surface area contributed by atoms with Gasteiger partial charge in [-0.1, -0.05) is 29.8 Å². The molecule has 0 bridgehead atoms. The van der Waals surface area contributed by atoms with Gasteiger partial charge in [-0.25, -0.2) is 8.78 Å². The Balaban J connectivity index is 2.08. The smallest absolute Gasteiger partial charge is 0.263 e. The minimum atomic E-state index is -2.56. The maximum atomic E-state index is 12.5. The van der Waals surface area contributed by atoms with Crippen LogP contribution >= 0.6 is 11.6 Å². The normalized spacial score (nSPS) is 10.6. The first kappa shape index (κ1) is 14.5. The van der Waals surface area contributed by atoms with E-state index in [2.05, 4.69) is 0 Å². The molecule has 0 fully saturated rings. The summed E-state index contributed by atoms with van der Waals surface area (Å²) in [5.74, 6) is 0.326. The van der Waals surface area contributed by atoms with E-state index >= 15 is 0 Å². The summed E-state index contributed by atoms with van der Waals surface area (Å²) in [5, 5.41) is 0.134. The van der Waals surface area contributed by atoms with E-state index < -0.39 is 6.43 Å². The van der Waals surface area contributed by atoms with Crippen molar-refractivity contribution in [2.75, 3.05) is 0 Å². The van der Waals surface area contributed by atoms with Crippen molar-refractivity contribution in [2.45, 2.75) is 13.0 Å². The number of hydrogen-bond acceptors (Lipinski definition) is 2. The molecule has 0 radical (unpaired) electrons. The first-order chi connectivity index (χ1) is 9.60. The van der Waals surface area contributed by atoms with Crippen molar-refractivity contribution in [2.24, 2.45) is 0 Å². The van der Waals surface area contributed by atoms with Crippen molar-refractivity contribution in [1.29, 1.82) is 0 Å². The largest absolute Gasteiger partial charge is 0.487 e. The highest BCUT2D eigenvalue weighted by Crippen LogP contribution is 2.30. The van der Waals surface area contributed by atoms with Gasteiger partial charge in [0, 0.05) is 11.1 Å². The molecule has 0 spiro atoms. The molecule has 0 aromatic heterocycles. The van der Waals surface area contributed by atoms with Crippen molar-refractivity contribution in [1.82, 2.24) is 0 Å². The van der Waals surface area contributed by atoms with Gasteiger partial charge < -0.3 is 4.74 Å². The number of halogens is 3. The molecule has 0 amide bonds. The molecule has 20 heavy (non-hydrogen) atoms. The Labute approximate surface area is 119 Å². The molecular formula is C15H11ClF2O2. The van der Waals surface area contributed by atoms with Crippen LogP contribution in [0.1, 0.15) is 27.9 Å². The SMILES string of the molecule is O=Cc1cccc(COc2ccc(C(F)F)cc2Cl)c1. The van der Waals surface area contributed by atoms with Gasteiger partial charge in [0.05, 0.1) is 5.02 Å². The lowest BCUT2D eigenvalue weighted by atomic mass is 10.1. The lowest BCUT2D eigenvalue weighted by molar-refractivity contribution is 0.112. The third-order valence-corrected chi connectivity index (χ3v) is 2.98. The van der Waals surface area contributed by atoms with Crippen molar-refractivity contribution in [3.05, 3.63) is 64.2 Å². The number of rotatable bonds is 5. The van der Waals surface area contributed by atoms with Crippen LogP contribution in [0.3, 0.4) is 0 Å². The van der Waals surface area contributed by atoms with Gasteiger partial charge in [0.2, 0.25) is 0 Å². The van der Waals surface area contributed by atoms with Gasteiger partial charge in [0.1, 0.15) is 18.6 Å². The van der Waals surface area contributed by atoms with E-state index in [9.17, 15) is 13.6 Å². The van der Waals surface area contributed by atoms with Crippen molar-refractivity contribution in [3.63, 3.8) is 0 Å². The maximum Gasteiger partial charge on any atom is 0.263 e. The van der Waals surface area contributed by atoms with Crippen LogP contribution in [-0.4, -0.2) is 6.29 Å². The van der Waals surface area contributed by atoms with E-state index in [1.54, 1.807) is 24.3 Å². The minimum absolute atomic E-state index is 0.134. The van der Waals surface area contributed by atoms with Gasteiger partial charge >= 0.3 is 0 Å². The summed E-state index contributed by atoms with van der Waals surface area (Å²) in [5.41, 5.74) is 1.19. The zero-order chi connectivity index (χ0) is 14.5. The van der Waals surface area contributed by atoms with Crippen LogP contribution in [0.15, 0.2) is 42.5 Å². The van der Waals surface area contributed by atoms with Crippen LogP contribution in [0.5, 0.6) is 5.75 Å². The number of aldehydes is 1. The van der Waals surface area contributed by atoms with Gasteiger partial charge in [-0.05, 0) is 29.8 Å². The molecule has 5 heteroatoms. The zero-order valence-electron chi connectivity index (χ0n) is 10.4. The fourth-order valence-electron chi connectivity index (χ4n) is 1.69. The summed E-state index contributed by atoms with van der Waals surface area (Å²) in [7, 11) is 0. The van der Waals surface area contributed by atoms with Gasteiger partial charge in [-0.2, -0.15) is 0 Å². The first-order valence-corrected chi connectivity index (χ1v) is 6.22. The molecule has 2 aromatic carbocycles. The lowest BCUT2D eigenvalue weighted by Crippen LogP contribution is -1.97. The molecule has 0 heterocycles. The van der Waals surface area contributed by atoms with E-state index in [-0.39, 0.29) is 17.2 Å². The zero-order valence-corrected chi connectivity index (χ0v) is 11.1. The summed E-state index contributed by atoms with van der Waals surface area (Å²) in [6.07, 6.45) is -1.82. The van der Waals surface area contributed by atoms with Crippen LogP contribution in [0.4, 0.5) is 8.78 Å². The summed E-state index contributed by atoms with van der Waals surface area (Å²) >= 11 is 5.88. The molecule has 0 atom stereocenters. The average Bonchev–Trinajstić information content (AvgIpc) is 2.46. The van der Waals surface area contributed by atoms with E-state index in [4.69, 9.17) is 16.3 Å². The third-order valence-electron chi connectivity index (χ3n) is 2.69. The van der Waals surface area contributed by atoms with E-state index in [1.165, 1.54) is 18.2 Å². The lowest BCUT2D eigenvalue weighted by Gasteiger charge is -2.09. The van der Waals surface area contributed by atoms with Gasteiger partial charge in [-0.15, -0.1) is 0 Å². The highest BCUT2D eigenvalue weighted by molar-refractivity contribution is 6.32. The molecule has 0 aliphatic heterocycles. The van der Waals surface area contributed by atoms with Crippen LogP contribution in [-0.2, 0) is 6.61 Å². The van der Waals surface area contributed by atoms with Crippen LogP contribution < -0.4 is 4.74 Å². The van der Waals surface area contributed by atoms with Crippen molar-refractivity contribution < 1.29 is 18.3 Å². The Kier molecular flexibility index (Phi) is 4.69. The molecule has 2 rings (SSSR count). The highest BCUT2D eigenvalue weighted by atomic mass is 35.5. The van der Waals surface area contributed by atoms with E-state index in [0.29, 0.717) is 11.3 Å². The molecule has 0 aliphatic rings. The molecular weight excluding hydrogens is 286 g/mol. The topological polar surface area (TPSA) is 26.3 Å². The van der Waals surface area contributed by atoms with E-state index in [0.717, 1.165) is 11.8 Å². The number of alkyl halides is 2. The Hall–Kier alpha value is -1.94. The minimum Gasteiger partial charge on any atom is -0.487 e.